The number of nitrogens with zero attached hydrogens (tertiary/aromatic N) is 3. The van der Waals surface area contributed by atoms with E-state index in [1.807, 2.05) is 6.07 Å². The zero-order chi connectivity index (χ0) is 11.5. The molecule has 0 saturated heterocycles. The summed E-state index contributed by atoms with van der Waals surface area (Å²) in [5.74, 6) is 0. The molecular formula is C10H15N5O. The minimum atomic E-state index is -0.256. The lowest BCUT2D eigenvalue weighted by molar-refractivity contribution is 0.559. The van der Waals surface area contributed by atoms with Crippen molar-refractivity contribution in [2.45, 2.75) is 26.3 Å². The molecule has 0 spiro atoms. The van der Waals surface area contributed by atoms with Gasteiger partial charge in [0.05, 0.1) is 0 Å². The van der Waals surface area contributed by atoms with Gasteiger partial charge in [-0.3, -0.25) is 0 Å². The van der Waals surface area contributed by atoms with Crippen LogP contribution in [0.5, 0.6) is 0 Å². The minimum absolute atomic E-state index is 0.256. The van der Waals surface area contributed by atoms with E-state index < -0.39 is 0 Å². The lowest BCUT2D eigenvalue weighted by Gasteiger charge is -2.10. The molecule has 0 fully saturated rings. The molecule has 0 radical (unpaired) electrons. The zero-order valence-corrected chi connectivity index (χ0v) is 9.40. The van der Waals surface area contributed by atoms with Crippen LogP contribution in [0.4, 0.5) is 0 Å². The fraction of sp³-hybridized carbons (Fsp3) is 0.500. The summed E-state index contributed by atoms with van der Waals surface area (Å²) >= 11 is 0. The van der Waals surface area contributed by atoms with Crippen molar-refractivity contribution in [3.05, 3.63) is 28.6 Å². The Morgan fingerprint density at radius 2 is 2.44 bits per heavy atom. The average Bonchev–Trinajstić information content (AvgIpc) is 2.60. The highest BCUT2D eigenvalue weighted by Crippen LogP contribution is 2.02. The maximum atomic E-state index is 11.2. The Bertz CT molecular complexity index is 529. The molecule has 2 rings (SSSR count). The Labute approximate surface area is 92.7 Å². The fourth-order valence-electron chi connectivity index (χ4n) is 1.69. The van der Waals surface area contributed by atoms with Gasteiger partial charge in [0.15, 0.2) is 5.65 Å². The SMILES string of the molecule is CCNC(C)Cc1cc2n[nH]c(=O)n2cn1. The predicted octanol–water partition coefficient (Wildman–Crippen LogP) is -0.0419. The molecule has 6 heteroatoms. The van der Waals surface area contributed by atoms with Gasteiger partial charge in [-0.1, -0.05) is 6.92 Å². The van der Waals surface area contributed by atoms with E-state index in [0.717, 1.165) is 18.7 Å². The Morgan fingerprint density at radius 1 is 1.62 bits per heavy atom. The number of fused-ring (bicyclic) bond motifs is 1. The van der Waals surface area contributed by atoms with Crippen LogP contribution in [0.3, 0.4) is 0 Å². The monoisotopic (exact) mass is 221 g/mol. The van der Waals surface area contributed by atoms with Gasteiger partial charge < -0.3 is 5.32 Å². The van der Waals surface area contributed by atoms with E-state index in [4.69, 9.17) is 0 Å². The Morgan fingerprint density at radius 3 is 3.19 bits per heavy atom. The molecule has 0 bridgehead atoms. The van der Waals surface area contributed by atoms with Crippen molar-refractivity contribution < 1.29 is 0 Å². The molecule has 1 unspecified atom stereocenters. The first-order valence-corrected chi connectivity index (χ1v) is 5.35. The van der Waals surface area contributed by atoms with Crippen molar-refractivity contribution in [2.24, 2.45) is 0 Å². The smallest absolute Gasteiger partial charge is 0.314 e. The number of aromatic nitrogens is 4. The summed E-state index contributed by atoms with van der Waals surface area (Å²) in [6, 6.07) is 2.19. The summed E-state index contributed by atoms with van der Waals surface area (Å²) < 4.78 is 1.39. The molecule has 2 N–H and O–H groups in total. The maximum absolute atomic E-state index is 11.2. The molecule has 0 saturated carbocycles. The van der Waals surface area contributed by atoms with E-state index in [1.54, 1.807) is 0 Å². The summed E-state index contributed by atoms with van der Waals surface area (Å²) in [5.41, 5.74) is 1.28. The van der Waals surface area contributed by atoms with Crippen molar-refractivity contribution in [2.75, 3.05) is 6.54 Å². The molecule has 2 heterocycles. The van der Waals surface area contributed by atoms with Crippen LogP contribution in [-0.4, -0.2) is 32.2 Å². The highest BCUT2D eigenvalue weighted by atomic mass is 16.1. The summed E-state index contributed by atoms with van der Waals surface area (Å²) in [7, 11) is 0. The van der Waals surface area contributed by atoms with E-state index in [0.29, 0.717) is 11.7 Å². The molecular weight excluding hydrogens is 206 g/mol. The van der Waals surface area contributed by atoms with E-state index in [9.17, 15) is 4.79 Å². The first-order valence-electron chi connectivity index (χ1n) is 5.35. The zero-order valence-electron chi connectivity index (χ0n) is 9.40. The topological polar surface area (TPSA) is 75.1 Å². The molecule has 6 nitrogen and oxygen atoms in total. The Balaban J connectivity index is 2.23. The highest BCUT2D eigenvalue weighted by molar-refractivity contribution is 5.36. The van der Waals surface area contributed by atoms with Crippen molar-refractivity contribution in [1.29, 1.82) is 0 Å². The van der Waals surface area contributed by atoms with Crippen LogP contribution in [-0.2, 0) is 6.42 Å². The van der Waals surface area contributed by atoms with Gasteiger partial charge in [-0.05, 0) is 13.5 Å². The molecule has 2 aromatic heterocycles. The molecule has 86 valence electrons. The highest BCUT2D eigenvalue weighted by Gasteiger charge is 2.06. The predicted molar refractivity (Wildman–Crippen MR) is 60.5 cm³/mol. The number of likely N-dealkylation sites (N-methyl/N-ethyl adjacent to an activating group) is 1. The fourth-order valence-corrected chi connectivity index (χ4v) is 1.69. The van der Waals surface area contributed by atoms with Crippen molar-refractivity contribution in [1.82, 2.24) is 24.9 Å². The van der Waals surface area contributed by atoms with E-state index in [-0.39, 0.29) is 5.69 Å². The molecule has 0 aromatic carbocycles. The summed E-state index contributed by atoms with van der Waals surface area (Å²) in [5, 5.41) is 9.59. The van der Waals surface area contributed by atoms with Gasteiger partial charge in [-0.2, -0.15) is 5.10 Å². The van der Waals surface area contributed by atoms with Gasteiger partial charge in [0.2, 0.25) is 0 Å². The van der Waals surface area contributed by atoms with Crippen molar-refractivity contribution in [3.8, 4) is 0 Å². The number of H-pyrrole nitrogens is 1. The molecule has 2 aromatic rings. The van der Waals surface area contributed by atoms with E-state index in [2.05, 4.69) is 34.3 Å². The second-order valence-electron chi connectivity index (χ2n) is 3.80. The minimum Gasteiger partial charge on any atom is -0.314 e. The quantitative estimate of drug-likeness (QED) is 0.759. The average molecular weight is 221 g/mol. The molecule has 0 aliphatic rings. The van der Waals surface area contributed by atoms with Gasteiger partial charge in [0.25, 0.3) is 0 Å². The van der Waals surface area contributed by atoms with Gasteiger partial charge >= 0.3 is 5.69 Å². The normalized spacial score (nSPS) is 13.1. The maximum Gasteiger partial charge on any atom is 0.348 e. The third-order valence-corrected chi connectivity index (χ3v) is 2.43. The Kier molecular flexibility index (Phi) is 3.00. The van der Waals surface area contributed by atoms with E-state index >= 15 is 0 Å². The van der Waals surface area contributed by atoms with Gasteiger partial charge in [0.1, 0.15) is 6.33 Å². The van der Waals surface area contributed by atoms with Crippen LogP contribution in [0.25, 0.3) is 5.65 Å². The first-order chi connectivity index (χ1) is 7.70. The van der Waals surface area contributed by atoms with Crippen molar-refractivity contribution in [3.63, 3.8) is 0 Å². The summed E-state index contributed by atoms with van der Waals surface area (Å²) in [6.07, 6.45) is 2.33. The second kappa shape index (κ2) is 4.44. The second-order valence-corrected chi connectivity index (χ2v) is 3.80. The number of hydrogen-bond donors (Lipinski definition) is 2. The standard InChI is InChI=1S/C10H15N5O/c1-3-11-7(2)4-8-5-9-13-14-10(16)15(9)6-12-8/h5-7,11H,3-4H2,1-2H3,(H,14,16). The van der Waals surface area contributed by atoms with E-state index in [1.165, 1.54) is 10.7 Å². The number of nitrogens with one attached hydrogen (secondary N) is 2. The largest absolute Gasteiger partial charge is 0.348 e. The van der Waals surface area contributed by atoms with Crippen molar-refractivity contribution >= 4 is 5.65 Å². The molecule has 0 aliphatic heterocycles. The Hall–Kier alpha value is -1.69. The van der Waals surface area contributed by atoms with Crippen LogP contribution < -0.4 is 11.0 Å². The van der Waals surface area contributed by atoms with Crippen LogP contribution in [0, 0.1) is 0 Å². The summed E-state index contributed by atoms with van der Waals surface area (Å²) in [4.78, 5) is 15.4. The number of rotatable bonds is 4. The third-order valence-electron chi connectivity index (χ3n) is 2.43. The number of hydrogen-bond acceptors (Lipinski definition) is 4. The van der Waals surface area contributed by atoms with Crippen LogP contribution in [0.1, 0.15) is 19.5 Å². The first kappa shape index (κ1) is 10.8. The van der Waals surface area contributed by atoms with Gasteiger partial charge in [0, 0.05) is 24.2 Å². The summed E-state index contributed by atoms with van der Waals surface area (Å²) in [6.45, 7) is 5.11. The molecule has 0 amide bonds. The molecule has 1 atom stereocenters. The lowest BCUT2D eigenvalue weighted by Crippen LogP contribution is -2.28. The van der Waals surface area contributed by atoms with Crippen LogP contribution >= 0.6 is 0 Å². The third kappa shape index (κ3) is 2.11. The van der Waals surface area contributed by atoms with Crippen LogP contribution in [0.15, 0.2) is 17.2 Å². The van der Waals surface area contributed by atoms with Crippen LogP contribution in [0.2, 0.25) is 0 Å². The lowest BCUT2D eigenvalue weighted by atomic mass is 10.2. The number of aromatic amines is 1. The van der Waals surface area contributed by atoms with Gasteiger partial charge in [-0.25, -0.2) is 19.3 Å². The molecule has 0 aliphatic carbocycles. The van der Waals surface area contributed by atoms with Gasteiger partial charge in [-0.15, -0.1) is 0 Å². The molecule has 16 heavy (non-hydrogen) atoms.